The first-order valence-corrected chi connectivity index (χ1v) is 10.7. The molecule has 2 N–H and O–H groups in total. The highest BCUT2D eigenvalue weighted by molar-refractivity contribution is 9.10. The molecule has 1 heterocycles. The lowest BCUT2D eigenvalue weighted by Crippen LogP contribution is -2.31. The minimum Gasteiger partial charge on any atom is -0.380 e. The molecule has 4 rings (SSSR count). The Morgan fingerprint density at radius 1 is 1.07 bits per heavy atom. The van der Waals surface area contributed by atoms with Crippen molar-refractivity contribution in [3.63, 3.8) is 0 Å². The molecule has 0 bridgehead atoms. The van der Waals surface area contributed by atoms with Crippen LogP contribution in [0.4, 0.5) is 11.5 Å². The quantitative estimate of drug-likeness (QED) is 0.364. The van der Waals surface area contributed by atoms with E-state index in [1.165, 1.54) is 0 Å². The summed E-state index contributed by atoms with van der Waals surface area (Å²) >= 11 is 3.46. The van der Waals surface area contributed by atoms with Crippen LogP contribution in [0.3, 0.4) is 0 Å². The number of halogens is 1. The average Bonchev–Trinajstić information content (AvgIpc) is 3.10. The van der Waals surface area contributed by atoms with E-state index < -0.39 is 0 Å². The van der Waals surface area contributed by atoms with E-state index in [0.717, 1.165) is 37.7 Å². The molecule has 0 aliphatic carbocycles. The number of nitrogens with one attached hydrogen (secondary N) is 2. The molecule has 7 heteroatoms. The lowest BCUT2D eigenvalue weighted by molar-refractivity contribution is -0.122. The molecule has 1 amide bonds. The molecule has 0 fully saturated rings. The van der Waals surface area contributed by atoms with Gasteiger partial charge in [0.05, 0.1) is 6.61 Å². The van der Waals surface area contributed by atoms with Gasteiger partial charge in [-0.15, -0.1) is 0 Å². The Bertz CT molecular complexity index is 1170. The number of carbonyl (C=O) groups is 1. The number of fused-ring (bicyclic) bond motifs is 3. The van der Waals surface area contributed by atoms with Gasteiger partial charge in [0.1, 0.15) is 17.9 Å². The first-order valence-electron chi connectivity index (χ1n) is 9.91. The first kappa shape index (κ1) is 20.4. The Kier molecular flexibility index (Phi) is 6.30. The molecule has 0 unspecified atom stereocenters. The largest absolute Gasteiger partial charge is 0.380 e. The predicted molar refractivity (Wildman–Crippen MR) is 124 cm³/mol. The van der Waals surface area contributed by atoms with Gasteiger partial charge in [-0.25, -0.2) is 4.68 Å². The lowest BCUT2D eigenvalue weighted by atomic mass is 10.1. The van der Waals surface area contributed by atoms with E-state index in [2.05, 4.69) is 50.8 Å². The van der Waals surface area contributed by atoms with Gasteiger partial charge in [0, 0.05) is 34.1 Å². The van der Waals surface area contributed by atoms with Crippen LogP contribution in [0.15, 0.2) is 65.1 Å². The number of carbonyl (C=O) groups excluding carboxylic acids is 1. The standard InChI is InChI=1S/C23H23BrN4O2/c1-2-30-14-13-25-21(29)15-28-23(26-18-10-8-17(24)9-11-18)20-12-7-16-5-3-4-6-19(16)22(20)27-28/h3-12,26H,2,13-15H2,1H3,(H,25,29). The second-order valence-corrected chi connectivity index (χ2v) is 7.78. The van der Waals surface area contributed by atoms with E-state index in [1.807, 2.05) is 43.3 Å². The summed E-state index contributed by atoms with van der Waals surface area (Å²) in [6.45, 7) is 3.66. The second-order valence-electron chi connectivity index (χ2n) is 6.87. The second kappa shape index (κ2) is 9.28. The Labute approximate surface area is 183 Å². The monoisotopic (exact) mass is 466 g/mol. The maximum absolute atomic E-state index is 12.5. The molecule has 0 saturated carbocycles. The van der Waals surface area contributed by atoms with E-state index in [0.29, 0.717) is 19.8 Å². The molecule has 0 aliphatic heterocycles. The van der Waals surface area contributed by atoms with Crippen molar-refractivity contribution in [3.8, 4) is 0 Å². The summed E-state index contributed by atoms with van der Waals surface area (Å²) in [4.78, 5) is 12.5. The lowest BCUT2D eigenvalue weighted by Gasteiger charge is -2.11. The Balaban J connectivity index is 1.70. The Morgan fingerprint density at radius 3 is 2.67 bits per heavy atom. The molecular weight excluding hydrogens is 444 g/mol. The maximum atomic E-state index is 12.5. The zero-order valence-corrected chi connectivity index (χ0v) is 18.3. The highest BCUT2D eigenvalue weighted by Crippen LogP contribution is 2.32. The number of hydrogen-bond donors (Lipinski definition) is 2. The zero-order valence-electron chi connectivity index (χ0n) is 16.7. The third-order valence-electron chi connectivity index (χ3n) is 4.81. The van der Waals surface area contributed by atoms with Crippen LogP contribution in [0.2, 0.25) is 0 Å². The number of rotatable bonds is 8. The summed E-state index contributed by atoms with van der Waals surface area (Å²) in [7, 11) is 0. The fourth-order valence-corrected chi connectivity index (χ4v) is 3.64. The van der Waals surface area contributed by atoms with Gasteiger partial charge in [0.25, 0.3) is 0 Å². The van der Waals surface area contributed by atoms with Crippen LogP contribution < -0.4 is 10.6 Å². The SMILES string of the molecule is CCOCCNC(=O)Cn1nc2c(ccc3ccccc32)c1Nc1ccc(Br)cc1. The van der Waals surface area contributed by atoms with Gasteiger partial charge < -0.3 is 15.4 Å². The molecule has 0 radical (unpaired) electrons. The number of amides is 1. The van der Waals surface area contributed by atoms with E-state index in [-0.39, 0.29) is 12.5 Å². The van der Waals surface area contributed by atoms with Gasteiger partial charge in [0.15, 0.2) is 0 Å². The van der Waals surface area contributed by atoms with Crippen molar-refractivity contribution in [3.05, 3.63) is 65.1 Å². The molecule has 0 atom stereocenters. The summed E-state index contributed by atoms with van der Waals surface area (Å²) in [6.07, 6.45) is 0. The molecule has 0 aliphatic rings. The summed E-state index contributed by atoms with van der Waals surface area (Å²) in [6, 6.07) is 20.2. The minimum atomic E-state index is -0.106. The number of nitrogens with zero attached hydrogens (tertiary/aromatic N) is 2. The van der Waals surface area contributed by atoms with Crippen LogP contribution in [0.1, 0.15) is 6.92 Å². The van der Waals surface area contributed by atoms with Crippen molar-refractivity contribution in [2.75, 3.05) is 25.1 Å². The van der Waals surface area contributed by atoms with Gasteiger partial charge >= 0.3 is 0 Å². The van der Waals surface area contributed by atoms with Crippen LogP contribution in [0, 0.1) is 0 Å². The van der Waals surface area contributed by atoms with Gasteiger partial charge in [0.2, 0.25) is 5.91 Å². The molecule has 4 aromatic rings. The highest BCUT2D eigenvalue weighted by atomic mass is 79.9. The smallest absolute Gasteiger partial charge is 0.241 e. The summed E-state index contributed by atoms with van der Waals surface area (Å²) < 4.78 is 8.03. The van der Waals surface area contributed by atoms with Gasteiger partial charge in [-0.1, -0.05) is 46.3 Å². The zero-order chi connectivity index (χ0) is 20.9. The average molecular weight is 467 g/mol. The first-order chi connectivity index (χ1) is 14.7. The Morgan fingerprint density at radius 2 is 1.87 bits per heavy atom. The molecule has 3 aromatic carbocycles. The van der Waals surface area contributed by atoms with Crippen molar-refractivity contribution in [2.24, 2.45) is 0 Å². The van der Waals surface area contributed by atoms with Crippen molar-refractivity contribution in [1.82, 2.24) is 15.1 Å². The van der Waals surface area contributed by atoms with Crippen LogP contribution in [0.5, 0.6) is 0 Å². The molecular formula is C23H23BrN4O2. The number of aromatic nitrogens is 2. The molecule has 0 saturated heterocycles. The Hall–Kier alpha value is -2.90. The summed E-state index contributed by atoms with van der Waals surface area (Å²) in [5, 5.41) is 14.3. The molecule has 0 spiro atoms. The molecule has 6 nitrogen and oxygen atoms in total. The van der Waals surface area contributed by atoms with Gasteiger partial charge in [-0.3, -0.25) is 4.79 Å². The third kappa shape index (κ3) is 4.47. The molecule has 154 valence electrons. The van der Waals surface area contributed by atoms with Crippen LogP contribution in [-0.4, -0.2) is 35.4 Å². The fraction of sp³-hybridized carbons (Fsp3) is 0.217. The van der Waals surface area contributed by atoms with Crippen molar-refractivity contribution in [1.29, 1.82) is 0 Å². The molecule has 30 heavy (non-hydrogen) atoms. The summed E-state index contributed by atoms with van der Waals surface area (Å²) in [5.74, 6) is 0.684. The van der Waals surface area contributed by atoms with Crippen molar-refractivity contribution < 1.29 is 9.53 Å². The van der Waals surface area contributed by atoms with E-state index in [4.69, 9.17) is 9.84 Å². The van der Waals surface area contributed by atoms with Crippen molar-refractivity contribution in [2.45, 2.75) is 13.5 Å². The van der Waals surface area contributed by atoms with Crippen LogP contribution in [0.25, 0.3) is 21.7 Å². The van der Waals surface area contributed by atoms with E-state index in [1.54, 1.807) is 4.68 Å². The minimum absolute atomic E-state index is 0.106. The van der Waals surface area contributed by atoms with Crippen molar-refractivity contribution >= 4 is 55.0 Å². The highest BCUT2D eigenvalue weighted by Gasteiger charge is 2.16. The fourth-order valence-electron chi connectivity index (χ4n) is 3.38. The summed E-state index contributed by atoms with van der Waals surface area (Å²) in [5.41, 5.74) is 1.79. The van der Waals surface area contributed by atoms with Crippen LogP contribution >= 0.6 is 15.9 Å². The predicted octanol–water partition coefficient (Wildman–Crippen LogP) is 4.85. The number of anilines is 2. The number of benzene rings is 3. The van der Waals surface area contributed by atoms with Crippen LogP contribution in [-0.2, 0) is 16.1 Å². The topological polar surface area (TPSA) is 68.2 Å². The van der Waals surface area contributed by atoms with E-state index in [9.17, 15) is 4.79 Å². The van der Waals surface area contributed by atoms with E-state index >= 15 is 0 Å². The number of ether oxygens (including phenoxy) is 1. The maximum Gasteiger partial charge on any atom is 0.241 e. The van der Waals surface area contributed by atoms with Gasteiger partial charge in [-0.05, 0) is 42.6 Å². The number of hydrogen-bond acceptors (Lipinski definition) is 4. The van der Waals surface area contributed by atoms with Gasteiger partial charge in [-0.2, -0.15) is 5.10 Å². The molecule has 1 aromatic heterocycles. The normalized spacial score (nSPS) is 11.1. The third-order valence-corrected chi connectivity index (χ3v) is 5.34.